The van der Waals surface area contributed by atoms with Gasteiger partial charge >= 0.3 is 5.97 Å². The number of carboxylic acid groups (broad SMARTS) is 1. The molecule has 398 valence electrons. The Bertz CT molecular complexity index is 2690. The first-order valence-corrected chi connectivity index (χ1v) is 29.5. The third-order valence-electron chi connectivity index (χ3n) is 13.6. The number of para-hydroxylation sites is 2. The third-order valence-corrected chi connectivity index (χ3v) is 18.2. The second-order valence-corrected chi connectivity index (χ2v) is 25.2. The van der Waals surface area contributed by atoms with Crippen LogP contribution in [0.15, 0.2) is 109 Å². The number of fused-ring (bicyclic) bond motifs is 2. The first kappa shape index (κ1) is 60.6. The smallest absolute Gasteiger partial charge is 0.307 e. The van der Waals surface area contributed by atoms with Gasteiger partial charge in [0.15, 0.2) is 8.32 Å². The minimum absolute atomic E-state index is 0.0497. The van der Waals surface area contributed by atoms with E-state index >= 15 is 0 Å². The quantitative estimate of drug-likeness (QED) is 0.0219. The number of Topliss-reactive ketones (excluding diaryl/α,β-unsaturated/α-hetero) is 1. The number of hydroxylamine groups is 2. The number of hydrogen-bond donors (Lipinski definition) is 4. The zero-order valence-electron chi connectivity index (χ0n) is 45.1. The Hall–Kier alpha value is -5.96. The van der Waals surface area contributed by atoms with Gasteiger partial charge in [-0.05, 0) is 94.9 Å². The van der Waals surface area contributed by atoms with Gasteiger partial charge in [-0.15, -0.1) is 0 Å². The summed E-state index contributed by atoms with van der Waals surface area (Å²) in [5.74, 6) is -1.58. The number of ketones is 1. The van der Waals surface area contributed by atoms with E-state index in [0.717, 1.165) is 92.1 Å². The van der Waals surface area contributed by atoms with E-state index in [4.69, 9.17) is 20.4 Å². The van der Waals surface area contributed by atoms with Crippen LogP contribution in [0.5, 0.6) is 0 Å². The molecule has 12 nitrogen and oxygen atoms in total. The number of carbonyl (C=O) groups excluding carboxylic acids is 3. The highest BCUT2D eigenvalue weighted by molar-refractivity contribution is 6.74. The molecule has 1 fully saturated rings. The van der Waals surface area contributed by atoms with Crippen LogP contribution < -0.4 is 5.73 Å². The van der Waals surface area contributed by atoms with Crippen LogP contribution in [0.25, 0.3) is 44.1 Å². The Morgan fingerprint density at radius 2 is 1.12 bits per heavy atom. The maximum Gasteiger partial charge on any atom is 0.307 e. The molecule has 0 bridgehead atoms. The zero-order valence-corrected chi connectivity index (χ0v) is 46.1. The van der Waals surface area contributed by atoms with Crippen LogP contribution in [0.1, 0.15) is 134 Å². The molecule has 4 aromatic carbocycles. The van der Waals surface area contributed by atoms with Crippen molar-refractivity contribution in [3.05, 3.63) is 132 Å². The number of carbonyl (C=O) groups is 4. The van der Waals surface area contributed by atoms with Crippen LogP contribution in [-0.2, 0) is 49.3 Å². The molecule has 7 rings (SSSR count). The average molecular weight is 1030 g/mol. The lowest BCUT2D eigenvalue weighted by atomic mass is 9.91. The fourth-order valence-electron chi connectivity index (χ4n) is 8.49. The van der Waals surface area contributed by atoms with Gasteiger partial charge in [-0.2, -0.15) is 5.06 Å². The Balaban J connectivity index is 0.000000251. The van der Waals surface area contributed by atoms with Gasteiger partial charge in [0.2, 0.25) is 0 Å². The molecule has 6 aromatic rings. The molecule has 1 aliphatic heterocycles. The number of amides is 2. The highest BCUT2D eigenvalue weighted by Crippen LogP contribution is 2.38. The maximum absolute atomic E-state index is 12.7. The number of benzene rings is 4. The standard InChI is InChI=1S/C26H31NO2.C25H31NO3Si.C6H15N.C4H5NO3/c1-2-3-4-5-9-14-23(29)18-22-19-27-26-21(16-17-28)13-10-15-24(26)25(22)20-11-7-6-8-12-20;1-25(2,3)30(4,5)29-15-14-19-12-9-13-21-23(18-10-7-6-8-11-18)20(16-22(27)28)17-26-24(19)21;1-2-3-4-5-6-7;6-3-1-2-4(7)5(3)8/h6-8,10-13,15,19,28H,2-5,9,14,16-18H2,1H3;6-13,17H,14-16H2,1-5H3,(H,27,28);2-7H2,1H3;8H,1-2H2. The fourth-order valence-corrected chi connectivity index (χ4v) is 9.54. The first-order valence-electron chi connectivity index (χ1n) is 26.6. The number of unbranched alkanes of at least 4 members (excludes halogenated alkanes) is 7. The van der Waals surface area contributed by atoms with Gasteiger partial charge in [-0.25, -0.2) is 0 Å². The van der Waals surface area contributed by atoms with Crippen molar-refractivity contribution >= 4 is 53.7 Å². The van der Waals surface area contributed by atoms with E-state index in [2.05, 4.69) is 77.0 Å². The van der Waals surface area contributed by atoms with Crippen LogP contribution >= 0.6 is 0 Å². The van der Waals surface area contributed by atoms with E-state index in [1.807, 2.05) is 79.0 Å². The Kier molecular flexibility index (Phi) is 25.4. The molecule has 0 unspecified atom stereocenters. The summed E-state index contributed by atoms with van der Waals surface area (Å²) >= 11 is 0. The molecule has 13 heteroatoms. The Labute approximate surface area is 440 Å². The van der Waals surface area contributed by atoms with Crippen molar-refractivity contribution in [3.8, 4) is 22.3 Å². The molecule has 2 amide bonds. The van der Waals surface area contributed by atoms with E-state index in [0.29, 0.717) is 25.9 Å². The third kappa shape index (κ3) is 18.5. The minimum Gasteiger partial charge on any atom is -0.481 e. The minimum atomic E-state index is -1.80. The van der Waals surface area contributed by atoms with Crippen molar-refractivity contribution in [1.29, 1.82) is 0 Å². The molecule has 1 aliphatic rings. The Morgan fingerprint density at radius 3 is 1.55 bits per heavy atom. The largest absolute Gasteiger partial charge is 0.481 e. The SMILES string of the molecule is CC(C)(C)[Si](C)(C)OCCc1cccc2c(-c3ccccc3)c(CC(=O)O)cnc12.CCCCCCCC(=O)Cc1cnc2c(CCO)cccc2c1-c1ccccc1.CCCCCCN.O=C1CCC(=O)N1O. The van der Waals surface area contributed by atoms with Gasteiger partial charge in [-0.3, -0.25) is 34.4 Å². The summed E-state index contributed by atoms with van der Waals surface area (Å²) in [6, 6.07) is 32.5. The highest BCUT2D eigenvalue weighted by Gasteiger charge is 2.37. The van der Waals surface area contributed by atoms with E-state index in [1.165, 1.54) is 44.9 Å². The molecule has 0 radical (unpaired) electrons. The maximum atomic E-state index is 12.7. The Morgan fingerprint density at radius 1 is 0.649 bits per heavy atom. The molecular weight excluding hydrogens is 945 g/mol. The number of aromatic nitrogens is 2. The van der Waals surface area contributed by atoms with Crippen LogP contribution in [0.3, 0.4) is 0 Å². The van der Waals surface area contributed by atoms with Crippen LogP contribution in [-0.4, -0.2) is 82.1 Å². The molecule has 0 atom stereocenters. The van der Waals surface area contributed by atoms with Gasteiger partial charge in [0.1, 0.15) is 5.78 Å². The van der Waals surface area contributed by atoms with Crippen molar-refractivity contribution in [3.63, 3.8) is 0 Å². The lowest BCUT2D eigenvalue weighted by molar-refractivity contribution is -0.171. The number of rotatable bonds is 22. The zero-order chi connectivity index (χ0) is 54.1. The molecule has 1 saturated heterocycles. The summed E-state index contributed by atoms with van der Waals surface area (Å²) < 4.78 is 6.37. The summed E-state index contributed by atoms with van der Waals surface area (Å²) in [4.78, 5) is 54.0. The molecular formula is C61H82N4O8Si. The summed E-state index contributed by atoms with van der Waals surface area (Å²) in [5, 5.41) is 29.6. The predicted molar refractivity (Wildman–Crippen MR) is 301 cm³/mol. The van der Waals surface area contributed by atoms with Crippen molar-refractivity contribution in [2.75, 3.05) is 19.8 Å². The average Bonchev–Trinajstić information content (AvgIpc) is 3.67. The van der Waals surface area contributed by atoms with Gasteiger partial charge in [0.25, 0.3) is 11.8 Å². The summed E-state index contributed by atoms with van der Waals surface area (Å²) in [6.45, 7) is 17.3. The predicted octanol–water partition coefficient (Wildman–Crippen LogP) is 13.1. The number of aliphatic carboxylic acids is 1. The van der Waals surface area contributed by atoms with Crippen molar-refractivity contribution in [2.45, 2.75) is 155 Å². The monoisotopic (exact) mass is 1030 g/mol. The second-order valence-electron chi connectivity index (χ2n) is 20.4. The molecule has 0 spiro atoms. The molecule has 0 aliphatic carbocycles. The lowest BCUT2D eigenvalue weighted by Crippen LogP contribution is -2.41. The van der Waals surface area contributed by atoms with Crippen LogP contribution in [0, 0.1) is 0 Å². The number of pyridine rings is 2. The van der Waals surface area contributed by atoms with E-state index in [-0.39, 0.29) is 41.8 Å². The number of nitrogens with two attached hydrogens (primary N) is 1. The normalized spacial score (nSPS) is 12.4. The lowest BCUT2D eigenvalue weighted by Gasteiger charge is -2.36. The molecule has 5 N–H and O–H groups in total. The topological polar surface area (TPSA) is 193 Å². The van der Waals surface area contributed by atoms with E-state index in [9.17, 15) is 29.4 Å². The molecule has 0 saturated carbocycles. The van der Waals surface area contributed by atoms with Gasteiger partial charge in [0.05, 0.1) is 17.5 Å². The van der Waals surface area contributed by atoms with Crippen molar-refractivity contribution in [1.82, 2.24) is 15.0 Å². The fraction of sp³-hybridized carbons (Fsp3) is 0.443. The summed E-state index contributed by atoms with van der Waals surface area (Å²) in [5.41, 5.74) is 15.2. The van der Waals surface area contributed by atoms with E-state index < -0.39 is 26.1 Å². The molecule has 74 heavy (non-hydrogen) atoms. The van der Waals surface area contributed by atoms with E-state index in [1.54, 1.807) is 6.20 Å². The summed E-state index contributed by atoms with van der Waals surface area (Å²) in [7, 11) is -1.80. The number of hydrogen-bond acceptors (Lipinski definition) is 10. The van der Waals surface area contributed by atoms with Gasteiger partial charge in [-0.1, -0.05) is 177 Å². The van der Waals surface area contributed by atoms with Crippen LogP contribution in [0.4, 0.5) is 0 Å². The molecule has 3 heterocycles. The van der Waals surface area contributed by atoms with Crippen LogP contribution in [0.2, 0.25) is 18.1 Å². The number of carboxylic acids is 1. The van der Waals surface area contributed by atoms with Crippen molar-refractivity contribution < 1.29 is 39.0 Å². The number of aliphatic hydroxyl groups excluding tert-OH is 1. The number of aliphatic hydroxyl groups is 1. The highest BCUT2D eigenvalue weighted by atomic mass is 28.4. The second kappa shape index (κ2) is 31.0. The van der Waals surface area contributed by atoms with Gasteiger partial charge < -0.3 is 20.4 Å². The van der Waals surface area contributed by atoms with Gasteiger partial charge in [0, 0.05) is 62.1 Å². The molecule has 2 aromatic heterocycles. The number of nitrogens with zero attached hydrogens (tertiary/aromatic N) is 3. The summed E-state index contributed by atoms with van der Waals surface area (Å²) in [6.07, 6.45) is 17.2. The number of imide groups is 1. The first-order chi connectivity index (χ1) is 35.5. The van der Waals surface area contributed by atoms with Crippen molar-refractivity contribution in [2.24, 2.45) is 5.73 Å².